The van der Waals surface area contributed by atoms with Crippen LogP contribution in [0.3, 0.4) is 0 Å². The molecule has 1 heterocycles. The molecule has 1 aliphatic rings. The predicted molar refractivity (Wildman–Crippen MR) is 87.8 cm³/mol. The van der Waals surface area contributed by atoms with Gasteiger partial charge in [-0.25, -0.2) is 0 Å². The van der Waals surface area contributed by atoms with E-state index in [1.54, 1.807) is 7.11 Å². The topological polar surface area (TPSA) is 38.5 Å². The van der Waals surface area contributed by atoms with Crippen LogP contribution in [-0.2, 0) is 13.0 Å². The number of methoxy groups -OCH3 is 1. The molecule has 1 atom stereocenters. The van der Waals surface area contributed by atoms with Crippen molar-refractivity contribution >= 4 is 11.4 Å². The van der Waals surface area contributed by atoms with Gasteiger partial charge >= 0.3 is 0 Å². The number of hydrogen-bond donors (Lipinski definition) is 1. The van der Waals surface area contributed by atoms with Gasteiger partial charge in [-0.05, 0) is 43.0 Å². The molecular weight excluding hydrogens is 260 g/mol. The van der Waals surface area contributed by atoms with E-state index in [4.69, 9.17) is 10.5 Å². The Kier molecular flexibility index (Phi) is 3.74. The van der Waals surface area contributed by atoms with Gasteiger partial charge in [0.1, 0.15) is 5.75 Å². The summed E-state index contributed by atoms with van der Waals surface area (Å²) in [4.78, 5) is 2.46. The van der Waals surface area contributed by atoms with Crippen molar-refractivity contribution in [2.45, 2.75) is 32.4 Å². The molecule has 3 rings (SSSR count). The SMILES string of the molecule is COc1ccc(CN2c3ccccc3CCC2C)c(N)c1. The molecule has 3 heteroatoms. The molecule has 2 N–H and O–H groups in total. The van der Waals surface area contributed by atoms with Crippen LogP contribution in [0.25, 0.3) is 0 Å². The van der Waals surface area contributed by atoms with E-state index in [2.05, 4.69) is 42.2 Å². The predicted octanol–water partition coefficient (Wildman–Crippen LogP) is 3.62. The molecule has 21 heavy (non-hydrogen) atoms. The van der Waals surface area contributed by atoms with Gasteiger partial charge in [-0.15, -0.1) is 0 Å². The normalized spacial score (nSPS) is 17.4. The number of para-hydroxylation sites is 1. The fourth-order valence-electron chi connectivity index (χ4n) is 3.03. The van der Waals surface area contributed by atoms with E-state index < -0.39 is 0 Å². The Labute approximate surface area is 126 Å². The van der Waals surface area contributed by atoms with Gasteiger partial charge in [0.25, 0.3) is 0 Å². The first-order valence-electron chi connectivity index (χ1n) is 7.46. The van der Waals surface area contributed by atoms with E-state index in [9.17, 15) is 0 Å². The van der Waals surface area contributed by atoms with Gasteiger partial charge in [0.05, 0.1) is 7.11 Å². The third kappa shape index (κ3) is 2.68. The molecule has 2 aromatic rings. The molecule has 0 fully saturated rings. The maximum atomic E-state index is 6.17. The molecule has 0 aromatic heterocycles. The van der Waals surface area contributed by atoms with Gasteiger partial charge in [0.2, 0.25) is 0 Å². The lowest BCUT2D eigenvalue weighted by Crippen LogP contribution is -2.36. The molecule has 110 valence electrons. The summed E-state index contributed by atoms with van der Waals surface area (Å²) in [7, 11) is 1.66. The Bertz CT molecular complexity index is 639. The number of nitrogen functional groups attached to an aromatic ring is 1. The molecule has 0 bridgehead atoms. The fraction of sp³-hybridized carbons (Fsp3) is 0.333. The minimum atomic E-state index is 0.529. The smallest absolute Gasteiger partial charge is 0.120 e. The zero-order valence-electron chi connectivity index (χ0n) is 12.7. The summed E-state index contributed by atoms with van der Waals surface area (Å²) in [6.07, 6.45) is 2.35. The van der Waals surface area contributed by atoms with Crippen LogP contribution in [0.15, 0.2) is 42.5 Å². The van der Waals surface area contributed by atoms with E-state index in [-0.39, 0.29) is 0 Å². The molecule has 3 nitrogen and oxygen atoms in total. The van der Waals surface area contributed by atoms with Crippen LogP contribution in [-0.4, -0.2) is 13.2 Å². The zero-order chi connectivity index (χ0) is 14.8. The maximum Gasteiger partial charge on any atom is 0.120 e. The Hall–Kier alpha value is -2.16. The van der Waals surface area contributed by atoms with Crippen molar-refractivity contribution in [1.82, 2.24) is 0 Å². The summed E-state index contributed by atoms with van der Waals surface area (Å²) in [5.74, 6) is 0.809. The summed E-state index contributed by atoms with van der Waals surface area (Å²) < 4.78 is 5.22. The quantitative estimate of drug-likeness (QED) is 0.874. The number of benzene rings is 2. The molecule has 2 aromatic carbocycles. The van der Waals surface area contributed by atoms with Crippen LogP contribution < -0.4 is 15.4 Å². The molecule has 0 radical (unpaired) electrons. The third-order valence-electron chi connectivity index (χ3n) is 4.36. The summed E-state index contributed by atoms with van der Waals surface area (Å²) in [6, 6.07) is 15.1. The Balaban J connectivity index is 1.90. The van der Waals surface area contributed by atoms with Gasteiger partial charge < -0.3 is 15.4 Å². The van der Waals surface area contributed by atoms with Crippen molar-refractivity contribution in [3.05, 3.63) is 53.6 Å². The average Bonchev–Trinajstić information content (AvgIpc) is 2.51. The van der Waals surface area contributed by atoms with Crippen molar-refractivity contribution in [2.75, 3.05) is 17.7 Å². The largest absolute Gasteiger partial charge is 0.497 e. The Morgan fingerprint density at radius 3 is 2.81 bits per heavy atom. The summed E-state index contributed by atoms with van der Waals surface area (Å²) in [5.41, 5.74) is 10.9. The van der Waals surface area contributed by atoms with Crippen molar-refractivity contribution in [3.63, 3.8) is 0 Å². The number of aryl methyl sites for hydroxylation is 1. The Morgan fingerprint density at radius 1 is 1.24 bits per heavy atom. The number of nitrogens with two attached hydrogens (primary N) is 1. The lowest BCUT2D eigenvalue weighted by atomic mass is 9.96. The van der Waals surface area contributed by atoms with Gasteiger partial charge in [-0.2, -0.15) is 0 Å². The van der Waals surface area contributed by atoms with Crippen LogP contribution in [0.1, 0.15) is 24.5 Å². The first-order valence-corrected chi connectivity index (χ1v) is 7.46. The molecule has 0 aliphatic carbocycles. The second-order valence-corrected chi connectivity index (χ2v) is 5.71. The Morgan fingerprint density at radius 2 is 2.05 bits per heavy atom. The molecule has 1 aliphatic heterocycles. The van der Waals surface area contributed by atoms with Crippen LogP contribution in [0.2, 0.25) is 0 Å². The third-order valence-corrected chi connectivity index (χ3v) is 4.36. The van der Waals surface area contributed by atoms with E-state index in [0.29, 0.717) is 6.04 Å². The van der Waals surface area contributed by atoms with Crippen molar-refractivity contribution in [3.8, 4) is 5.75 Å². The highest BCUT2D eigenvalue weighted by Crippen LogP contribution is 2.33. The molecule has 1 unspecified atom stereocenters. The van der Waals surface area contributed by atoms with Crippen LogP contribution in [0.4, 0.5) is 11.4 Å². The van der Waals surface area contributed by atoms with Crippen LogP contribution in [0.5, 0.6) is 5.75 Å². The molecule has 0 saturated carbocycles. The number of ether oxygens (including phenoxy) is 1. The van der Waals surface area contributed by atoms with Gasteiger partial charge in [-0.3, -0.25) is 0 Å². The van der Waals surface area contributed by atoms with Crippen LogP contribution >= 0.6 is 0 Å². The first-order chi connectivity index (χ1) is 10.2. The number of fused-ring (bicyclic) bond motifs is 1. The molecule has 0 amide bonds. The van der Waals surface area contributed by atoms with E-state index in [0.717, 1.165) is 30.0 Å². The highest BCUT2D eigenvalue weighted by atomic mass is 16.5. The lowest BCUT2D eigenvalue weighted by Gasteiger charge is -2.37. The molecule has 0 spiro atoms. The van der Waals surface area contributed by atoms with E-state index in [1.165, 1.54) is 17.7 Å². The highest BCUT2D eigenvalue weighted by Gasteiger charge is 2.23. The van der Waals surface area contributed by atoms with E-state index >= 15 is 0 Å². The standard InChI is InChI=1S/C18H22N2O/c1-13-7-8-14-5-3-4-6-18(14)20(13)12-15-9-10-16(21-2)11-17(15)19/h3-6,9-11,13H,7-8,12,19H2,1-2H3. The van der Waals surface area contributed by atoms with Crippen LogP contribution in [0, 0.1) is 0 Å². The summed E-state index contributed by atoms with van der Waals surface area (Å²) in [6.45, 7) is 3.13. The van der Waals surface area contributed by atoms with Gasteiger partial charge in [0, 0.05) is 30.0 Å². The maximum absolute atomic E-state index is 6.17. The first kappa shape index (κ1) is 13.8. The lowest BCUT2D eigenvalue weighted by molar-refractivity contribution is 0.415. The molecule has 0 saturated heterocycles. The molecular formula is C18H22N2O. The minimum absolute atomic E-state index is 0.529. The number of rotatable bonds is 3. The zero-order valence-corrected chi connectivity index (χ0v) is 12.7. The summed E-state index contributed by atoms with van der Waals surface area (Å²) in [5, 5.41) is 0. The highest BCUT2D eigenvalue weighted by molar-refractivity contribution is 5.59. The van der Waals surface area contributed by atoms with Gasteiger partial charge in [-0.1, -0.05) is 24.3 Å². The number of hydrogen-bond acceptors (Lipinski definition) is 3. The van der Waals surface area contributed by atoms with Crippen molar-refractivity contribution in [2.24, 2.45) is 0 Å². The van der Waals surface area contributed by atoms with E-state index in [1.807, 2.05) is 12.1 Å². The monoisotopic (exact) mass is 282 g/mol. The van der Waals surface area contributed by atoms with Crippen molar-refractivity contribution < 1.29 is 4.74 Å². The fourth-order valence-corrected chi connectivity index (χ4v) is 3.03. The van der Waals surface area contributed by atoms with Crippen molar-refractivity contribution in [1.29, 1.82) is 0 Å². The average molecular weight is 282 g/mol. The second kappa shape index (κ2) is 5.68. The summed E-state index contributed by atoms with van der Waals surface area (Å²) >= 11 is 0. The minimum Gasteiger partial charge on any atom is -0.497 e. The van der Waals surface area contributed by atoms with Gasteiger partial charge in [0.15, 0.2) is 0 Å². The number of nitrogens with zero attached hydrogens (tertiary/aromatic N) is 1. The second-order valence-electron chi connectivity index (χ2n) is 5.71. The number of anilines is 2.